The summed E-state index contributed by atoms with van der Waals surface area (Å²) < 4.78 is 58.2. The normalized spacial score (nSPS) is 14.8. The summed E-state index contributed by atoms with van der Waals surface area (Å²) in [5, 5.41) is 0. The predicted octanol–water partition coefficient (Wildman–Crippen LogP) is 0.346. The first-order valence-electron chi connectivity index (χ1n) is 6.77. The van der Waals surface area contributed by atoms with Gasteiger partial charge in [0.05, 0.1) is 7.11 Å². The summed E-state index contributed by atoms with van der Waals surface area (Å²) in [6, 6.07) is 0. The van der Waals surface area contributed by atoms with Gasteiger partial charge in [-0.15, -0.1) is 0 Å². The molecule has 0 bridgehead atoms. The van der Waals surface area contributed by atoms with Crippen molar-refractivity contribution < 1.29 is 40.1 Å². The van der Waals surface area contributed by atoms with E-state index < -0.39 is 42.8 Å². The Morgan fingerprint density at radius 2 is 1.26 bits per heavy atom. The Kier molecular flexibility index (Phi) is 8.70. The highest BCUT2D eigenvalue weighted by atomic mass is 32.2. The Hall–Kier alpha value is -1.20. The van der Waals surface area contributed by atoms with Gasteiger partial charge in [-0.05, 0) is 26.7 Å². The van der Waals surface area contributed by atoms with Crippen molar-refractivity contribution in [3.63, 3.8) is 0 Å². The lowest BCUT2D eigenvalue weighted by molar-refractivity contribution is -0.147. The van der Waals surface area contributed by atoms with Crippen LogP contribution in [0.5, 0.6) is 0 Å². The zero-order valence-corrected chi connectivity index (χ0v) is 15.1. The van der Waals surface area contributed by atoms with Gasteiger partial charge in [-0.25, -0.2) is 8.42 Å². The van der Waals surface area contributed by atoms with Crippen LogP contribution in [-0.2, 0) is 43.2 Å². The summed E-state index contributed by atoms with van der Waals surface area (Å²) in [4.78, 5) is 22.8. The second-order valence-corrected chi connectivity index (χ2v) is 9.12. The van der Waals surface area contributed by atoms with Gasteiger partial charge in [-0.1, -0.05) is 0 Å². The molecule has 0 saturated carbocycles. The highest BCUT2D eigenvalue weighted by Gasteiger charge is 2.24. The third-order valence-corrected chi connectivity index (χ3v) is 5.52. The Balaban J connectivity index is 4.05. The number of ether oxygens (including phenoxy) is 2. The van der Waals surface area contributed by atoms with Crippen molar-refractivity contribution in [2.45, 2.75) is 50.4 Å². The summed E-state index contributed by atoms with van der Waals surface area (Å²) in [6.07, 6.45) is 1.35. The Morgan fingerprint density at radius 3 is 1.61 bits per heavy atom. The van der Waals surface area contributed by atoms with Gasteiger partial charge >= 0.3 is 22.1 Å². The second-order valence-electron chi connectivity index (χ2n) is 4.81. The first kappa shape index (κ1) is 21.8. The van der Waals surface area contributed by atoms with E-state index in [0.29, 0.717) is 0 Å². The molecule has 9 nitrogen and oxygen atoms in total. The summed E-state index contributed by atoms with van der Waals surface area (Å²) in [6.45, 7) is 2.42. The lowest BCUT2D eigenvalue weighted by Gasteiger charge is -2.12. The molecule has 2 unspecified atom stereocenters. The van der Waals surface area contributed by atoms with E-state index in [1.807, 2.05) is 0 Å². The lowest BCUT2D eigenvalue weighted by atomic mass is 10.2. The van der Waals surface area contributed by atoms with E-state index in [2.05, 4.69) is 8.92 Å². The molecule has 0 fully saturated rings. The fourth-order valence-corrected chi connectivity index (χ4v) is 2.09. The molecule has 0 aliphatic rings. The van der Waals surface area contributed by atoms with E-state index in [-0.39, 0.29) is 25.7 Å². The van der Waals surface area contributed by atoms with Crippen LogP contribution in [0.25, 0.3) is 0 Å². The number of unbranched alkanes of at least 4 members (excludes halogenated alkanes) is 1. The van der Waals surface area contributed by atoms with Gasteiger partial charge in [0.1, 0.15) is 0 Å². The quantitative estimate of drug-likeness (QED) is 0.302. The van der Waals surface area contributed by atoms with Crippen LogP contribution in [-0.4, -0.2) is 53.0 Å². The third kappa shape index (κ3) is 8.86. The van der Waals surface area contributed by atoms with Crippen LogP contribution in [0, 0.1) is 0 Å². The number of hydrogen-bond donors (Lipinski definition) is 0. The molecule has 0 spiro atoms. The van der Waals surface area contributed by atoms with Crippen LogP contribution < -0.4 is 0 Å². The number of carbonyl (C=O) groups is 2. The lowest BCUT2D eigenvalue weighted by Crippen LogP contribution is -2.25. The summed E-state index contributed by atoms with van der Waals surface area (Å²) >= 11 is 0. The molecular weight excluding hydrogens is 352 g/mol. The maximum Gasteiger partial charge on any atom is 0.307 e. The van der Waals surface area contributed by atoms with Gasteiger partial charge in [0.15, 0.2) is 15.3 Å². The smallest absolute Gasteiger partial charge is 0.307 e. The van der Waals surface area contributed by atoms with E-state index in [1.54, 1.807) is 0 Å². The SMILES string of the molecule is COS(=O)(=O)C(C)OC(=O)CCCCC(=O)OC(C)S(C)(=O)=O. The molecule has 0 aliphatic heterocycles. The standard InChI is InChI=1S/C12H22O9S2/c1-9(22(4,15)16)20-11(13)7-5-6-8-12(14)21-10(2)23(17,18)19-3/h9-10H,5-8H2,1-4H3. The molecule has 0 N–H and O–H groups in total. The summed E-state index contributed by atoms with van der Waals surface area (Å²) in [5.74, 6) is -1.43. The molecule has 136 valence electrons. The van der Waals surface area contributed by atoms with E-state index in [4.69, 9.17) is 4.74 Å². The van der Waals surface area contributed by atoms with E-state index in [1.165, 1.54) is 13.8 Å². The zero-order valence-electron chi connectivity index (χ0n) is 13.5. The molecule has 0 aliphatic carbocycles. The van der Waals surface area contributed by atoms with Crippen LogP contribution in [0.1, 0.15) is 39.5 Å². The summed E-state index contributed by atoms with van der Waals surface area (Å²) in [7, 11) is -6.44. The van der Waals surface area contributed by atoms with Crippen molar-refractivity contribution in [1.82, 2.24) is 0 Å². The number of sulfone groups is 1. The van der Waals surface area contributed by atoms with Crippen LogP contribution >= 0.6 is 0 Å². The van der Waals surface area contributed by atoms with Crippen molar-refractivity contribution >= 4 is 31.9 Å². The largest absolute Gasteiger partial charge is 0.446 e. The molecule has 0 rings (SSSR count). The molecule has 11 heteroatoms. The molecule has 0 amide bonds. The molecule has 0 heterocycles. The van der Waals surface area contributed by atoms with E-state index >= 15 is 0 Å². The third-order valence-electron chi connectivity index (χ3n) is 2.85. The minimum Gasteiger partial charge on any atom is -0.446 e. The molecule has 2 atom stereocenters. The Labute approximate surface area is 136 Å². The molecular formula is C12H22O9S2. The number of hydrogen-bond acceptors (Lipinski definition) is 9. The first-order chi connectivity index (χ1) is 10.4. The fraction of sp³-hybridized carbons (Fsp3) is 0.833. The van der Waals surface area contributed by atoms with Crippen molar-refractivity contribution in [3.8, 4) is 0 Å². The van der Waals surface area contributed by atoms with Gasteiger partial charge in [0, 0.05) is 19.1 Å². The van der Waals surface area contributed by atoms with E-state index in [0.717, 1.165) is 13.4 Å². The molecule has 0 aromatic carbocycles. The van der Waals surface area contributed by atoms with Gasteiger partial charge in [-0.3, -0.25) is 13.8 Å². The molecule has 0 saturated heterocycles. The van der Waals surface area contributed by atoms with Crippen LogP contribution in [0.3, 0.4) is 0 Å². The van der Waals surface area contributed by atoms with Crippen LogP contribution in [0.4, 0.5) is 0 Å². The molecule has 0 aromatic heterocycles. The van der Waals surface area contributed by atoms with Gasteiger partial charge < -0.3 is 9.47 Å². The van der Waals surface area contributed by atoms with Crippen LogP contribution in [0.2, 0.25) is 0 Å². The minimum atomic E-state index is -3.94. The topological polar surface area (TPSA) is 130 Å². The van der Waals surface area contributed by atoms with Gasteiger partial charge in [-0.2, -0.15) is 8.42 Å². The monoisotopic (exact) mass is 374 g/mol. The highest BCUT2D eigenvalue weighted by molar-refractivity contribution is 7.91. The predicted molar refractivity (Wildman–Crippen MR) is 80.3 cm³/mol. The average Bonchev–Trinajstić information content (AvgIpc) is 2.42. The number of carbonyl (C=O) groups excluding carboxylic acids is 2. The highest BCUT2D eigenvalue weighted by Crippen LogP contribution is 2.09. The number of rotatable bonds is 10. The van der Waals surface area contributed by atoms with Crippen molar-refractivity contribution in [1.29, 1.82) is 0 Å². The molecule has 23 heavy (non-hydrogen) atoms. The minimum absolute atomic E-state index is 0.0565. The zero-order chi connectivity index (χ0) is 18.3. The Bertz CT molecular complexity index is 606. The van der Waals surface area contributed by atoms with Gasteiger partial charge in [0.25, 0.3) is 0 Å². The maximum atomic E-state index is 11.4. The second kappa shape index (κ2) is 9.18. The molecule has 0 aromatic rings. The van der Waals surface area contributed by atoms with Gasteiger partial charge in [0.2, 0.25) is 5.44 Å². The fourth-order valence-electron chi connectivity index (χ4n) is 1.31. The van der Waals surface area contributed by atoms with E-state index in [9.17, 15) is 26.4 Å². The van der Waals surface area contributed by atoms with Crippen LogP contribution in [0.15, 0.2) is 0 Å². The van der Waals surface area contributed by atoms with Crippen molar-refractivity contribution in [3.05, 3.63) is 0 Å². The Morgan fingerprint density at radius 1 is 0.870 bits per heavy atom. The van der Waals surface area contributed by atoms with Crippen molar-refractivity contribution in [2.24, 2.45) is 0 Å². The molecule has 0 radical (unpaired) electrons. The summed E-state index contributed by atoms with van der Waals surface area (Å²) in [5.41, 5.74) is -2.64. The first-order valence-corrected chi connectivity index (χ1v) is 10.2. The average molecular weight is 374 g/mol. The number of esters is 2. The van der Waals surface area contributed by atoms with Crippen molar-refractivity contribution in [2.75, 3.05) is 13.4 Å². The maximum absolute atomic E-state index is 11.4.